The van der Waals surface area contributed by atoms with Crippen molar-refractivity contribution in [1.29, 1.82) is 0 Å². The topological polar surface area (TPSA) is 21.3 Å². The summed E-state index contributed by atoms with van der Waals surface area (Å²) in [5, 5.41) is 3.75. The highest BCUT2D eigenvalue weighted by molar-refractivity contribution is 9.10. The Hall–Kier alpha value is -0.540. The standard InChI is InChI=1S/C16H24BrNO/c1-3-12-6-4-5-7-16(12)18-11-13-10-14(19-2)8-9-15(13)17/h8-10,12,16,18H,3-7,11H2,1-2H3. The average Bonchev–Trinajstić information content (AvgIpc) is 2.46. The Morgan fingerprint density at radius 3 is 2.84 bits per heavy atom. The van der Waals surface area contributed by atoms with Crippen molar-refractivity contribution in [3.05, 3.63) is 28.2 Å². The number of halogens is 1. The van der Waals surface area contributed by atoms with Gasteiger partial charge in [-0.2, -0.15) is 0 Å². The average molecular weight is 326 g/mol. The van der Waals surface area contributed by atoms with Crippen molar-refractivity contribution in [2.75, 3.05) is 7.11 Å². The van der Waals surface area contributed by atoms with Crippen molar-refractivity contribution < 1.29 is 4.74 Å². The van der Waals surface area contributed by atoms with Crippen molar-refractivity contribution in [1.82, 2.24) is 5.32 Å². The lowest BCUT2D eigenvalue weighted by molar-refractivity contribution is 0.254. The molecule has 3 heteroatoms. The second-order valence-electron chi connectivity index (χ2n) is 5.40. The zero-order chi connectivity index (χ0) is 13.7. The molecule has 106 valence electrons. The first kappa shape index (κ1) is 14.9. The summed E-state index contributed by atoms with van der Waals surface area (Å²) in [4.78, 5) is 0. The van der Waals surface area contributed by atoms with Crippen LogP contribution in [0.3, 0.4) is 0 Å². The van der Waals surface area contributed by atoms with Gasteiger partial charge in [-0.1, -0.05) is 42.1 Å². The van der Waals surface area contributed by atoms with Crippen LogP contribution in [-0.2, 0) is 6.54 Å². The van der Waals surface area contributed by atoms with Crippen LogP contribution in [0.5, 0.6) is 5.75 Å². The Morgan fingerprint density at radius 1 is 1.32 bits per heavy atom. The van der Waals surface area contributed by atoms with Crippen molar-refractivity contribution in [3.63, 3.8) is 0 Å². The molecule has 0 aliphatic heterocycles. The van der Waals surface area contributed by atoms with Gasteiger partial charge in [0.15, 0.2) is 0 Å². The number of nitrogens with one attached hydrogen (secondary N) is 1. The summed E-state index contributed by atoms with van der Waals surface area (Å²) >= 11 is 3.62. The first-order chi connectivity index (χ1) is 9.24. The quantitative estimate of drug-likeness (QED) is 0.859. The maximum Gasteiger partial charge on any atom is 0.119 e. The second-order valence-corrected chi connectivity index (χ2v) is 6.25. The highest BCUT2D eigenvalue weighted by Gasteiger charge is 2.23. The second kappa shape index (κ2) is 7.30. The van der Waals surface area contributed by atoms with Gasteiger partial charge in [-0.15, -0.1) is 0 Å². The van der Waals surface area contributed by atoms with Gasteiger partial charge in [0.25, 0.3) is 0 Å². The van der Waals surface area contributed by atoms with Crippen LogP contribution in [-0.4, -0.2) is 13.2 Å². The third-order valence-corrected chi connectivity index (χ3v) is 5.01. The lowest BCUT2D eigenvalue weighted by Crippen LogP contribution is -2.37. The molecule has 0 heterocycles. The highest BCUT2D eigenvalue weighted by atomic mass is 79.9. The van der Waals surface area contributed by atoms with Crippen LogP contribution < -0.4 is 10.1 Å². The molecule has 1 fully saturated rings. The van der Waals surface area contributed by atoms with Crippen molar-refractivity contribution >= 4 is 15.9 Å². The summed E-state index contributed by atoms with van der Waals surface area (Å²) in [6, 6.07) is 6.84. The minimum Gasteiger partial charge on any atom is -0.497 e. The Balaban J connectivity index is 1.97. The van der Waals surface area contributed by atoms with Gasteiger partial charge in [0.1, 0.15) is 5.75 Å². The minimum atomic E-state index is 0.678. The molecule has 1 saturated carbocycles. The van der Waals surface area contributed by atoms with Gasteiger partial charge in [-0.25, -0.2) is 0 Å². The molecule has 1 aromatic rings. The minimum absolute atomic E-state index is 0.678. The molecule has 0 saturated heterocycles. The fourth-order valence-corrected chi connectivity index (χ4v) is 3.41. The molecule has 19 heavy (non-hydrogen) atoms. The molecule has 1 N–H and O–H groups in total. The molecule has 0 aromatic heterocycles. The molecular formula is C16H24BrNO. The Labute approximate surface area is 125 Å². The maximum absolute atomic E-state index is 5.30. The number of benzene rings is 1. The molecule has 2 atom stereocenters. The van der Waals surface area contributed by atoms with Gasteiger partial charge in [0.2, 0.25) is 0 Å². The normalized spacial score (nSPS) is 23.3. The first-order valence-electron chi connectivity index (χ1n) is 7.30. The summed E-state index contributed by atoms with van der Waals surface area (Å²) in [6.45, 7) is 3.23. The zero-order valence-electron chi connectivity index (χ0n) is 11.9. The van der Waals surface area contributed by atoms with Crippen molar-refractivity contribution in [2.24, 2.45) is 5.92 Å². The van der Waals surface area contributed by atoms with E-state index in [1.54, 1.807) is 7.11 Å². The van der Waals surface area contributed by atoms with Crippen LogP contribution in [0.2, 0.25) is 0 Å². The van der Waals surface area contributed by atoms with Crippen LogP contribution in [0.25, 0.3) is 0 Å². The number of ether oxygens (including phenoxy) is 1. The first-order valence-corrected chi connectivity index (χ1v) is 8.09. The van der Waals surface area contributed by atoms with Gasteiger partial charge in [-0.3, -0.25) is 0 Å². The Kier molecular flexibility index (Phi) is 5.71. The monoisotopic (exact) mass is 325 g/mol. The molecule has 0 bridgehead atoms. The van der Waals surface area contributed by atoms with Crippen molar-refractivity contribution in [3.8, 4) is 5.75 Å². The molecule has 1 aliphatic rings. The predicted molar refractivity (Wildman–Crippen MR) is 83.6 cm³/mol. The van der Waals surface area contributed by atoms with Crippen LogP contribution in [0.15, 0.2) is 22.7 Å². The van der Waals surface area contributed by atoms with Crippen LogP contribution >= 0.6 is 15.9 Å². The molecule has 2 nitrogen and oxygen atoms in total. The predicted octanol–water partition coefficient (Wildman–Crippen LogP) is 4.52. The summed E-state index contributed by atoms with van der Waals surface area (Å²) in [5.74, 6) is 1.77. The number of methoxy groups -OCH3 is 1. The summed E-state index contributed by atoms with van der Waals surface area (Å²) in [5.41, 5.74) is 1.28. The third kappa shape index (κ3) is 3.96. The molecule has 0 amide bonds. The number of rotatable bonds is 5. The smallest absolute Gasteiger partial charge is 0.119 e. The molecule has 2 rings (SSSR count). The van der Waals surface area contributed by atoms with E-state index in [4.69, 9.17) is 4.74 Å². The summed E-state index contributed by atoms with van der Waals surface area (Å²) in [7, 11) is 1.72. The molecule has 0 spiro atoms. The van der Waals surface area contributed by atoms with Gasteiger partial charge in [0.05, 0.1) is 7.11 Å². The largest absolute Gasteiger partial charge is 0.497 e. The Bertz CT molecular complexity index is 408. The van der Waals surface area contributed by atoms with E-state index < -0.39 is 0 Å². The van der Waals surface area contributed by atoms with E-state index in [1.165, 1.54) is 37.7 Å². The molecule has 2 unspecified atom stereocenters. The Morgan fingerprint density at radius 2 is 2.11 bits per heavy atom. The van der Waals surface area contributed by atoms with Gasteiger partial charge in [0, 0.05) is 17.1 Å². The van der Waals surface area contributed by atoms with Crippen LogP contribution in [0, 0.1) is 5.92 Å². The summed E-state index contributed by atoms with van der Waals surface area (Å²) < 4.78 is 6.45. The van der Waals surface area contributed by atoms with E-state index in [0.717, 1.165) is 22.7 Å². The van der Waals surface area contributed by atoms with Gasteiger partial charge in [-0.05, 0) is 42.5 Å². The lowest BCUT2D eigenvalue weighted by Gasteiger charge is -2.31. The van der Waals surface area contributed by atoms with Gasteiger partial charge >= 0.3 is 0 Å². The summed E-state index contributed by atoms with van der Waals surface area (Å²) in [6.07, 6.45) is 6.76. The van der Waals surface area contributed by atoms with E-state index in [2.05, 4.69) is 40.3 Å². The van der Waals surface area contributed by atoms with Crippen molar-refractivity contribution in [2.45, 2.75) is 51.6 Å². The molecular weight excluding hydrogens is 302 g/mol. The van der Waals surface area contributed by atoms with E-state index in [0.29, 0.717) is 6.04 Å². The lowest BCUT2D eigenvalue weighted by atomic mass is 9.83. The number of hydrogen-bond acceptors (Lipinski definition) is 2. The SMILES string of the molecule is CCC1CCCCC1NCc1cc(OC)ccc1Br. The molecule has 1 aliphatic carbocycles. The highest BCUT2D eigenvalue weighted by Crippen LogP contribution is 2.28. The maximum atomic E-state index is 5.30. The van der Waals surface area contributed by atoms with E-state index in [9.17, 15) is 0 Å². The van der Waals surface area contributed by atoms with E-state index in [1.807, 2.05) is 6.07 Å². The molecule has 0 radical (unpaired) electrons. The van der Waals surface area contributed by atoms with E-state index >= 15 is 0 Å². The molecule has 1 aromatic carbocycles. The van der Waals surface area contributed by atoms with Crippen LogP contribution in [0.4, 0.5) is 0 Å². The van der Waals surface area contributed by atoms with E-state index in [-0.39, 0.29) is 0 Å². The van der Waals surface area contributed by atoms with Gasteiger partial charge < -0.3 is 10.1 Å². The third-order valence-electron chi connectivity index (χ3n) is 4.24. The zero-order valence-corrected chi connectivity index (χ0v) is 13.5. The fourth-order valence-electron chi connectivity index (χ4n) is 3.02. The fraction of sp³-hybridized carbons (Fsp3) is 0.625. The van der Waals surface area contributed by atoms with Crippen LogP contribution in [0.1, 0.15) is 44.6 Å². The number of hydrogen-bond donors (Lipinski definition) is 1.